The largest absolute Gasteiger partial charge is 0.382 e. The van der Waals surface area contributed by atoms with Gasteiger partial charge in [-0.3, -0.25) is 4.21 Å². The van der Waals surface area contributed by atoms with Gasteiger partial charge in [0, 0.05) is 35.0 Å². The average molecular weight is 207 g/mol. The van der Waals surface area contributed by atoms with Crippen LogP contribution in [0.4, 0.5) is 0 Å². The van der Waals surface area contributed by atoms with Crippen molar-refractivity contribution in [2.75, 3.05) is 25.5 Å². The molecule has 2 atom stereocenters. The van der Waals surface area contributed by atoms with Gasteiger partial charge < -0.3 is 10.5 Å². The van der Waals surface area contributed by atoms with E-state index in [1.54, 1.807) is 0 Å². The summed E-state index contributed by atoms with van der Waals surface area (Å²) in [6.07, 6.45) is 1.73. The molecule has 0 saturated carbocycles. The van der Waals surface area contributed by atoms with E-state index in [9.17, 15) is 4.21 Å². The monoisotopic (exact) mass is 207 g/mol. The van der Waals surface area contributed by atoms with Gasteiger partial charge in [-0.25, -0.2) is 0 Å². The molecular formula is C9H21NO2S. The normalized spacial score (nSPS) is 15.6. The standard InChI is InChI=1S/C9H21NO2S/c1-3-12-7-4-8-13(11)9(2)5-6-10/h9H,3-8,10H2,1-2H3. The summed E-state index contributed by atoms with van der Waals surface area (Å²) in [5.41, 5.74) is 5.38. The molecule has 4 heteroatoms. The van der Waals surface area contributed by atoms with Gasteiger partial charge in [0.2, 0.25) is 0 Å². The zero-order chi connectivity index (χ0) is 10.1. The van der Waals surface area contributed by atoms with Gasteiger partial charge in [0.05, 0.1) is 0 Å². The molecule has 0 aliphatic rings. The van der Waals surface area contributed by atoms with E-state index in [2.05, 4.69) is 0 Å². The molecule has 0 aromatic carbocycles. The Morgan fingerprint density at radius 3 is 2.77 bits per heavy atom. The molecule has 0 heterocycles. The summed E-state index contributed by atoms with van der Waals surface area (Å²) < 4.78 is 16.7. The Balaban J connectivity index is 3.38. The van der Waals surface area contributed by atoms with Gasteiger partial charge in [-0.2, -0.15) is 0 Å². The SMILES string of the molecule is CCOCCCS(=O)C(C)CCN. The molecule has 0 aromatic rings. The maximum atomic E-state index is 11.5. The van der Waals surface area contributed by atoms with E-state index in [4.69, 9.17) is 10.5 Å². The molecule has 0 bridgehead atoms. The van der Waals surface area contributed by atoms with Crippen molar-refractivity contribution in [2.45, 2.75) is 31.9 Å². The predicted molar refractivity (Wildman–Crippen MR) is 57.3 cm³/mol. The first kappa shape index (κ1) is 13.1. The average Bonchev–Trinajstić information content (AvgIpc) is 2.12. The van der Waals surface area contributed by atoms with Crippen molar-refractivity contribution >= 4 is 10.8 Å². The van der Waals surface area contributed by atoms with Crippen LogP contribution in [0.5, 0.6) is 0 Å². The molecule has 0 amide bonds. The Kier molecular flexibility index (Phi) is 8.71. The second kappa shape index (κ2) is 8.66. The molecule has 0 radical (unpaired) electrons. The summed E-state index contributed by atoms with van der Waals surface area (Å²) in [4.78, 5) is 0. The highest BCUT2D eigenvalue weighted by Crippen LogP contribution is 2.02. The third-order valence-corrected chi connectivity index (χ3v) is 3.68. The quantitative estimate of drug-likeness (QED) is 0.602. The molecule has 0 aromatic heterocycles. The van der Waals surface area contributed by atoms with E-state index in [1.807, 2.05) is 13.8 Å². The van der Waals surface area contributed by atoms with Crippen LogP contribution >= 0.6 is 0 Å². The van der Waals surface area contributed by atoms with E-state index in [0.29, 0.717) is 6.54 Å². The topological polar surface area (TPSA) is 52.3 Å². The van der Waals surface area contributed by atoms with Crippen molar-refractivity contribution in [3.8, 4) is 0 Å². The molecule has 0 fully saturated rings. The number of ether oxygens (including phenoxy) is 1. The van der Waals surface area contributed by atoms with Gasteiger partial charge in [-0.15, -0.1) is 0 Å². The van der Waals surface area contributed by atoms with Crippen LogP contribution in [0.25, 0.3) is 0 Å². The molecule has 80 valence electrons. The first-order valence-corrected chi connectivity index (χ1v) is 6.25. The lowest BCUT2D eigenvalue weighted by Gasteiger charge is -2.09. The first-order chi connectivity index (χ1) is 6.22. The number of hydrogen-bond donors (Lipinski definition) is 1. The van der Waals surface area contributed by atoms with Crippen LogP contribution in [0.2, 0.25) is 0 Å². The minimum absolute atomic E-state index is 0.228. The van der Waals surface area contributed by atoms with Crippen LogP contribution in [0.1, 0.15) is 26.7 Å². The second-order valence-corrected chi connectivity index (χ2v) is 5.00. The number of hydrogen-bond acceptors (Lipinski definition) is 3. The maximum absolute atomic E-state index is 11.5. The fourth-order valence-corrected chi connectivity index (χ4v) is 2.22. The zero-order valence-electron chi connectivity index (χ0n) is 8.62. The Hall–Kier alpha value is 0.0700. The van der Waals surface area contributed by atoms with Crippen LogP contribution in [-0.4, -0.2) is 35.0 Å². The number of rotatable bonds is 8. The molecule has 3 nitrogen and oxygen atoms in total. The van der Waals surface area contributed by atoms with E-state index < -0.39 is 10.8 Å². The summed E-state index contributed by atoms with van der Waals surface area (Å²) in [7, 11) is -0.728. The van der Waals surface area contributed by atoms with Gasteiger partial charge in [0.1, 0.15) is 0 Å². The van der Waals surface area contributed by atoms with Gasteiger partial charge in [-0.1, -0.05) is 6.92 Å². The molecule has 2 N–H and O–H groups in total. The van der Waals surface area contributed by atoms with Gasteiger partial charge in [0.15, 0.2) is 0 Å². The highest BCUT2D eigenvalue weighted by atomic mass is 32.2. The minimum atomic E-state index is -0.728. The molecule has 0 aliphatic carbocycles. The summed E-state index contributed by atoms with van der Waals surface area (Å²) in [5.74, 6) is 0.737. The highest BCUT2D eigenvalue weighted by molar-refractivity contribution is 7.85. The van der Waals surface area contributed by atoms with Crippen LogP contribution in [0.3, 0.4) is 0 Å². The first-order valence-electron chi connectivity index (χ1n) is 4.87. The van der Waals surface area contributed by atoms with Gasteiger partial charge in [-0.05, 0) is 26.3 Å². The second-order valence-electron chi connectivity index (χ2n) is 3.02. The Morgan fingerprint density at radius 1 is 1.54 bits per heavy atom. The summed E-state index contributed by atoms with van der Waals surface area (Å²) in [6.45, 7) is 6.04. The summed E-state index contributed by atoms with van der Waals surface area (Å²) >= 11 is 0. The Bertz CT molecular complexity index is 142. The van der Waals surface area contributed by atoms with Crippen molar-refractivity contribution in [1.82, 2.24) is 0 Å². The molecule has 0 spiro atoms. The van der Waals surface area contributed by atoms with E-state index in [-0.39, 0.29) is 5.25 Å². The van der Waals surface area contributed by atoms with Crippen molar-refractivity contribution in [2.24, 2.45) is 5.73 Å². The van der Waals surface area contributed by atoms with Crippen LogP contribution < -0.4 is 5.73 Å². The lowest BCUT2D eigenvalue weighted by molar-refractivity contribution is 0.149. The maximum Gasteiger partial charge on any atom is 0.0474 e. The van der Waals surface area contributed by atoms with Crippen molar-refractivity contribution in [3.05, 3.63) is 0 Å². The third kappa shape index (κ3) is 7.16. The van der Waals surface area contributed by atoms with Crippen LogP contribution in [-0.2, 0) is 15.5 Å². The zero-order valence-corrected chi connectivity index (χ0v) is 9.44. The van der Waals surface area contributed by atoms with E-state index in [0.717, 1.165) is 31.8 Å². The fourth-order valence-electron chi connectivity index (χ4n) is 1.01. The van der Waals surface area contributed by atoms with Crippen molar-refractivity contribution < 1.29 is 8.95 Å². The van der Waals surface area contributed by atoms with Crippen LogP contribution in [0, 0.1) is 0 Å². The van der Waals surface area contributed by atoms with Crippen molar-refractivity contribution in [3.63, 3.8) is 0 Å². The molecule has 2 unspecified atom stereocenters. The fraction of sp³-hybridized carbons (Fsp3) is 1.00. The van der Waals surface area contributed by atoms with Gasteiger partial charge in [0.25, 0.3) is 0 Å². The molecule has 13 heavy (non-hydrogen) atoms. The molecule has 0 saturated heterocycles. The van der Waals surface area contributed by atoms with E-state index >= 15 is 0 Å². The minimum Gasteiger partial charge on any atom is -0.382 e. The van der Waals surface area contributed by atoms with Crippen LogP contribution in [0.15, 0.2) is 0 Å². The van der Waals surface area contributed by atoms with Gasteiger partial charge >= 0.3 is 0 Å². The smallest absolute Gasteiger partial charge is 0.0474 e. The molecule has 0 rings (SSSR count). The van der Waals surface area contributed by atoms with E-state index in [1.165, 1.54) is 0 Å². The number of nitrogens with two attached hydrogens (primary N) is 1. The molecule has 0 aliphatic heterocycles. The van der Waals surface area contributed by atoms with Crippen molar-refractivity contribution in [1.29, 1.82) is 0 Å². The summed E-state index contributed by atoms with van der Waals surface area (Å²) in [5, 5.41) is 0.228. The predicted octanol–water partition coefficient (Wildman–Crippen LogP) is 0.899. The Morgan fingerprint density at radius 2 is 2.23 bits per heavy atom. The molecular weight excluding hydrogens is 186 g/mol. The highest BCUT2D eigenvalue weighted by Gasteiger charge is 2.08. The Labute approximate surface area is 83.5 Å². The lowest BCUT2D eigenvalue weighted by Crippen LogP contribution is -2.18. The lowest BCUT2D eigenvalue weighted by atomic mass is 10.3. The third-order valence-electron chi connectivity index (χ3n) is 1.86. The summed E-state index contributed by atoms with van der Waals surface area (Å²) in [6, 6.07) is 0.